The van der Waals surface area contributed by atoms with Crippen molar-refractivity contribution in [2.75, 3.05) is 39.3 Å². The van der Waals surface area contributed by atoms with E-state index in [0.29, 0.717) is 37.6 Å². The largest absolute Gasteiger partial charge is 0.496 e. The van der Waals surface area contributed by atoms with Crippen molar-refractivity contribution in [3.8, 4) is 5.75 Å². The van der Waals surface area contributed by atoms with E-state index in [0.717, 1.165) is 46.4 Å². The van der Waals surface area contributed by atoms with Gasteiger partial charge in [-0.3, -0.25) is 9.59 Å². The van der Waals surface area contributed by atoms with Gasteiger partial charge in [0.05, 0.1) is 32.5 Å². The molecule has 1 aliphatic heterocycles. The molecule has 0 bridgehead atoms. The third-order valence-electron chi connectivity index (χ3n) is 6.33. The van der Waals surface area contributed by atoms with Crippen LogP contribution in [-0.4, -0.2) is 50.8 Å². The second kappa shape index (κ2) is 8.96. The quantitative estimate of drug-likeness (QED) is 0.704. The van der Waals surface area contributed by atoms with Crippen molar-refractivity contribution < 1.29 is 23.8 Å². The van der Waals surface area contributed by atoms with E-state index in [2.05, 4.69) is 15.6 Å². The number of rotatable bonds is 6. The number of nitrogens with zero attached hydrogens (tertiary/aromatic N) is 1. The molecule has 1 saturated carbocycles. The number of ether oxygens (including phenoxy) is 3. The van der Waals surface area contributed by atoms with Crippen molar-refractivity contribution in [1.82, 2.24) is 10.3 Å². The lowest BCUT2D eigenvalue weighted by atomic mass is 9.99. The molecule has 2 amide bonds. The third-order valence-corrected chi connectivity index (χ3v) is 6.33. The van der Waals surface area contributed by atoms with Crippen LogP contribution in [0.2, 0.25) is 0 Å². The van der Waals surface area contributed by atoms with Crippen LogP contribution >= 0.6 is 0 Å². The van der Waals surface area contributed by atoms with Crippen LogP contribution in [0.15, 0.2) is 24.4 Å². The van der Waals surface area contributed by atoms with Crippen molar-refractivity contribution in [2.24, 2.45) is 5.92 Å². The number of aromatic nitrogens is 1. The third kappa shape index (κ3) is 4.24. The normalized spacial score (nSPS) is 19.5. The molecule has 3 aliphatic rings. The second-order valence-corrected chi connectivity index (χ2v) is 8.50. The Kier molecular flexibility index (Phi) is 5.86. The van der Waals surface area contributed by atoms with Crippen molar-refractivity contribution >= 4 is 29.3 Å². The summed E-state index contributed by atoms with van der Waals surface area (Å²) in [5.41, 5.74) is 5.02. The van der Waals surface area contributed by atoms with Crippen LogP contribution < -0.4 is 15.4 Å². The average Bonchev–Trinajstić information content (AvgIpc) is 3.62. The highest BCUT2D eigenvalue weighted by Crippen LogP contribution is 2.41. The predicted molar refractivity (Wildman–Crippen MR) is 123 cm³/mol. The van der Waals surface area contributed by atoms with Crippen LogP contribution in [0.5, 0.6) is 5.75 Å². The number of fused-ring (bicyclic) bond motifs is 1. The number of anilines is 1. The summed E-state index contributed by atoms with van der Waals surface area (Å²) in [6.45, 7) is 1.69. The molecule has 8 nitrogen and oxygen atoms in total. The molecule has 5 rings (SSSR count). The number of benzene rings is 1. The number of hydrogen-bond donors (Lipinski definition) is 2. The lowest BCUT2D eigenvalue weighted by Crippen LogP contribution is -2.21. The first kappa shape index (κ1) is 21.6. The number of carbonyl (C=O) groups excluding carboxylic acids is 2. The highest BCUT2D eigenvalue weighted by atomic mass is 16.6. The minimum absolute atomic E-state index is 0.0116. The van der Waals surface area contributed by atoms with E-state index in [1.165, 1.54) is 6.20 Å². The molecule has 33 heavy (non-hydrogen) atoms. The van der Waals surface area contributed by atoms with E-state index < -0.39 is 0 Å². The molecule has 1 unspecified atom stereocenters. The van der Waals surface area contributed by atoms with Gasteiger partial charge in [-0.25, -0.2) is 4.98 Å². The molecule has 1 aromatic heterocycles. The van der Waals surface area contributed by atoms with Crippen molar-refractivity contribution in [3.63, 3.8) is 0 Å². The van der Waals surface area contributed by atoms with Crippen LogP contribution in [0.25, 0.3) is 11.6 Å². The molecule has 8 heteroatoms. The van der Waals surface area contributed by atoms with E-state index in [9.17, 15) is 9.59 Å². The average molecular weight is 450 g/mol. The van der Waals surface area contributed by atoms with Gasteiger partial charge in [0, 0.05) is 36.7 Å². The molecule has 2 fully saturated rings. The van der Waals surface area contributed by atoms with E-state index in [-0.39, 0.29) is 23.8 Å². The standard InChI is InChI=1S/C25H27N3O5/c1-26-25(30)20-12-27-23(28-24(29)14-3-4-14)19-10-16(9-18(19)20)17-6-5-15(11-21(17)31-2)22-13-32-7-8-33-22/h5-6,9,11-12,14,22H,3-4,7-8,10,13H2,1-2H3,(H,26,30)(H,27,28,29). The van der Waals surface area contributed by atoms with Crippen molar-refractivity contribution in [1.29, 1.82) is 0 Å². The van der Waals surface area contributed by atoms with E-state index in [4.69, 9.17) is 14.2 Å². The highest BCUT2D eigenvalue weighted by Gasteiger charge is 2.32. The van der Waals surface area contributed by atoms with Gasteiger partial charge in [-0.1, -0.05) is 12.1 Å². The summed E-state index contributed by atoms with van der Waals surface area (Å²) in [6.07, 6.45) is 5.75. The van der Waals surface area contributed by atoms with Gasteiger partial charge in [-0.15, -0.1) is 0 Å². The molecule has 2 heterocycles. The van der Waals surface area contributed by atoms with Crippen LogP contribution in [0.1, 0.15) is 51.6 Å². The predicted octanol–water partition coefficient (Wildman–Crippen LogP) is 2.98. The van der Waals surface area contributed by atoms with Gasteiger partial charge in [0.2, 0.25) is 5.91 Å². The van der Waals surface area contributed by atoms with Crippen molar-refractivity contribution in [2.45, 2.75) is 25.4 Å². The van der Waals surface area contributed by atoms with Crippen LogP contribution in [0.4, 0.5) is 5.82 Å². The maximum Gasteiger partial charge on any atom is 0.253 e. The van der Waals surface area contributed by atoms with Crippen LogP contribution in [-0.2, 0) is 20.7 Å². The maximum atomic E-state index is 12.5. The number of carbonyl (C=O) groups is 2. The number of amides is 2. The number of allylic oxidation sites excluding steroid dienone is 1. The Hall–Kier alpha value is -3.23. The molecule has 2 aromatic rings. The minimum Gasteiger partial charge on any atom is -0.496 e. The van der Waals surface area contributed by atoms with Gasteiger partial charge in [-0.05, 0) is 41.7 Å². The summed E-state index contributed by atoms with van der Waals surface area (Å²) in [5.74, 6) is 1.08. The molecular weight excluding hydrogens is 422 g/mol. The number of nitrogens with one attached hydrogen (secondary N) is 2. The first-order valence-electron chi connectivity index (χ1n) is 11.2. The first-order valence-corrected chi connectivity index (χ1v) is 11.2. The summed E-state index contributed by atoms with van der Waals surface area (Å²) in [7, 11) is 3.23. The molecule has 0 radical (unpaired) electrons. The van der Waals surface area contributed by atoms with Gasteiger partial charge in [-0.2, -0.15) is 0 Å². The SMILES string of the molecule is CNC(=O)c1cnc(NC(=O)C2CC2)c2c1C=C(c1ccc(C3COCCO3)cc1OC)C2. The molecule has 1 aromatic carbocycles. The summed E-state index contributed by atoms with van der Waals surface area (Å²) in [4.78, 5) is 29.3. The lowest BCUT2D eigenvalue weighted by Gasteiger charge is -2.24. The van der Waals surface area contributed by atoms with Gasteiger partial charge >= 0.3 is 0 Å². The molecule has 0 spiro atoms. The smallest absolute Gasteiger partial charge is 0.253 e. The lowest BCUT2D eigenvalue weighted by molar-refractivity contribution is -0.117. The fourth-order valence-corrected chi connectivity index (χ4v) is 4.34. The Labute approximate surface area is 192 Å². The van der Waals surface area contributed by atoms with Gasteiger partial charge in [0.1, 0.15) is 17.7 Å². The molecular formula is C25H27N3O5. The number of methoxy groups -OCH3 is 1. The fraction of sp³-hybridized carbons (Fsp3) is 0.400. The molecule has 2 aliphatic carbocycles. The molecule has 172 valence electrons. The van der Waals surface area contributed by atoms with Gasteiger partial charge in [0.15, 0.2) is 0 Å². The van der Waals surface area contributed by atoms with E-state index in [1.54, 1.807) is 14.2 Å². The second-order valence-electron chi connectivity index (χ2n) is 8.50. The highest BCUT2D eigenvalue weighted by molar-refractivity contribution is 6.04. The molecule has 1 saturated heterocycles. The number of pyridine rings is 1. The minimum atomic E-state index is -0.215. The Morgan fingerprint density at radius 1 is 1.21 bits per heavy atom. The molecule has 1 atom stereocenters. The first-order chi connectivity index (χ1) is 16.1. The van der Waals surface area contributed by atoms with Crippen molar-refractivity contribution in [3.05, 3.63) is 52.2 Å². The van der Waals surface area contributed by atoms with E-state index >= 15 is 0 Å². The summed E-state index contributed by atoms with van der Waals surface area (Å²) in [6, 6.07) is 6.01. The zero-order valence-electron chi connectivity index (χ0n) is 18.8. The zero-order valence-corrected chi connectivity index (χ0v) is 18.8. The monoisotopic (exact) mass is 449 g/mol. The fourth-order valence-electron chi connectivity index (χ4n) is 4.34. The maximum absolute atomic E-state index is 12.5. The summed E-state index contributed by atoms with van der Waals surface area (Å²) >= 11 is 0. The summed E-state index contributed by atoms with van der Waals surface area (Å²) < 4.78 is 17.1. The van der Waals surface area contributed by atoms with Crippen LogP contribution in [0, 0.1) is 5.92 Å². The van der Waals surface area contributed by atoms with Crippen LogP contribution in [0.3, 0.4) is 0 Å². The molecule has 2 N–H and O–H groups in total. The Balaban J connectivity index is 1.49. The zero-order chi connectivity index (χ0) is 22.9. The Morgan fingerprint density at radius 3 is 2.76 bits per heavy atom. The topological polar surface area (TPSA) is 98.8 Å². The Morgan fingerprint density at radius 2 is 2.06 bits per heavy atom. The van der Waals surface area contributed by atoms with Gasteiger partial charge < -0.3 is 24.8 Å². The summed E-state index contributed by atoms with van der Waals surface area (Å²) in [5, 5.41) is 5.64. The van der Waals surface area contributed by atoms with Gasteiger partial charge in [0.25, 0.3) is 5.91 Å². The Bertz CT molecular complexity index is 1130. The van der Waals surface area contributed by atoms with E-state index in [1.807, 2.05) is 24.3 Å². The number of hydrogen-bond acceptors (Lipinski definition) is 6.